The molecule has 0 atom stereocenters. The molecule has 25 heavy (non-hydrogen) atoms. The van der Waals surface area contributed by atoms with Crippen molar-refractivity contribution in [3.63, 3.8) is 0 Å². The first kappa shape index (κ1) is 26.7. The van der Waals surface area contributed by atoms with E-state index >= 15 is 0 Å². The number of fused-ring (bicyclic) bond motifs is 1. The topological polar surface area (TPSA) is 0 Å². The molecule has 2 aromatic rings. The second-order valence-corrected chi connectivity index (χ2v) is 8.39. The van der Waals surface area contributed by atoms with Crippen LogP contribution in [0.5, 0.6) is 0 Å². The normalized spacial score (nSPS) is 12.2. The average Bonchev–Trinajstić information content (AvgIpc) is 3.11. The maximum atomic E-state index is 3.37. The Morgan fingerprint density at radius 3 is 2.36 bits per heavy atom. The van der Waals surface area contributed by atoms with E-state index in [1.807, 2.05) is 0 Å². The zero-order valence-electron chi connectivity index (χ0n) is 15.6. The third kappa shape index (κ3) is 8.13. The van der Waals surface area contributed by atoms with Crippen molar-refractivity contribution in [1.29, 1.82) is 0 Å². The van der Waals surface area contributed by atoms with Gasteiger partial charge in [-0.3, -0.25) is 6.08 Å². The number of halogens is 2. The van der Waals surface area contributed by atoms with Crippen molar-refractivity contribution >= 4 is 24.0 Å². The van der Waals surface area contributed by atoms with Gasteiger partial charge in [0.2, 0.25) is 0 Å². The summed E-state index contributed by atoms with van der Waals surface area (Å²) >= 11 is 0. The SMILES string of the molecule is CCCCC1=[C-]CC=C1C.CP(C)c1cc2ccccc2[cH-]1.[F-].[F-].[Hf+4]. The van der Waals surface area contributed by atoms with Gasteiger partial charge in [-0.2, -0.15) is 12.1 Å². The maximum absolute atomic E-state index is 3.37. The molecule has 1 aliphatic carbocycles. The second kappa shape index (κ2) is 13.6. The molecule has 0 nitrogen and oxygen atoms in total. The van der Waals surface area contributed by atoms with E-state index in [0.717, 1.165) is 6.42 Å². The molecule has 2 aromatic carbocycles. The summed E-state index contributed by atoms with van der Waals surface area (Å²) in [5, 5.41) is 4.26. The number of hydrogen-bond donors (Lipinski definition) is 0. The van der Waals surface area contributed by atoms with Crippen molar-refractivity contribution in [2.75, 3.05) is 13.3 Å². The van der Waals surface area contributed by atoms with Crippen LogP contribution in [0.15, 0.2) is 53.6 Å². The Bertz CT molecular complexity index is 638. The molecule has 0 bridgehead atoms. The number of benzene rings is 1. The summed E-state index contributed by atoms with van der Waals surface area (Å²) in [6, 6.07) is 13.2. The molecule has 4 heteroatoms. The zero-order valence-corrected chi connectivity index (χ0v) is 20.1. The molecule has 1 aliphatic rings. The zero-order chi connectivity index (χ0) is 15.9. The molecule has 0 spiro atoms. The van der Waals surface area contributed by atoms with Crippen LogP contribution in [-0.2, 0) is 25.8 Å². The number of rotatable bonds is 4. The van der Waals surface area contributed by atoms with E-state index in [2.05, 4.69) is 75.7 Å². The number of hydrogen-bond acceptors (Lipinski definition) is 0. The minimum absolute atomic E-state index is 0. The Balaban J connectivity index is 0. The van der Waals surface area contributed by atoms with Crippen molar-refractivity contribution in [2.45, 2.75) is 39.5 Å². The van der Waals surface area contributed by atoms with Gasteiger partial charge in [0.25, 0.3) is 0 Å². The molecule has 0 N–H and O–H groups in total. The quantitative estimate of drug-likeness (QED) is 0.303. The fourth-order valence-corrected chi connectivity index (χ4v) is 3.42. The monoisotopic (exact) mass is 528 g/mol. The molecular formula is C21H27F2HfP. The van der Waals surface area contributed by atoms with E-state index in [1.165, 1.54) is 46.5 Å². The maximum Gasteiger partial charge on any atom is 4.00 e. The van der Waals surface area contributed by atoms with Crippen molar-refractivity contribution in [3.05, 3.63) is 59.7 Å². The molecule has 0 amide bonds. The largest absolute Gasteiger partial charge is 4.00 e. The van der Waals surface area contributed by atoms with Crippen LogP contribution in [0, 0.1) is 6.08 Å². The standard InChI is InChI=1S/C11H12P.C10H15.2FH.Hf/c1-12(2)11-7-9-5-3-4-6-10(9)8-11;1-3-4-7-10-8-5-6-9(10)2;;;/h3-8H,1-2H3;6H,3-5,7H2,1-2H3;2*1H;/q2*-1;;;+4/p-2. The van der Waals surface area contributed by atoms with E-state index in [4.69, 9.17) is 0 Å². The fraction of sp³-hybridized carbons (Fsp3) is 0.381. The molecule has 0 aliphatic heterocycles. The first-order valence-electron chi connectivity index (χ1n) is 8.21. The number of unbranched alkanes of at least 4 members (excludes halogenated alkanes) is 1. The van der Waals surface area contributed by atoms with Gasteiger partial charge in [-0.05, 0) is 13.3 Å². The van der Waals surface area contributed by atoms with Crippen LogP contribution in [-0.4, -0.2) is 13.3 Å². The van der Waals surface area contributed by atoms with Crippen LogP contribution in [0.25, 0.3) is 10.8 Å². The Kier molecular flexibility index (Phi) is 14.6. The van der Waals surface area contributed by atoms with Gasteiger partial charge in [0.05, 0.1) is 0 Å². The minimum atomic E-state index is 0. The van der Waals surface area contributed by atoms with Crippen LogP contribution < -0.4 is 14.7 Å². The van der Waals surface area contributed by atoms with Gasteiger partial charge in [-0.25, -0.2) is 11.1 Å². The van der Waals surface area contributed by atoms with E-state index in [1.54, 1.807) is 0 Å². The Morgan fingerprint density at radius 1 is 1.16 bits per heavy atom. The predicted octanol–water partition coefficient (Wildman–Crippen LogP) is 0.187. The smallest absolute Gasteiger partial charge is 1.00 e. The molecule has 0 radical (unpaired) electrons. The second-order valence-electron chi connectivity index (χ2n) is 6.09. The summed E-state index contributed by atoms with van der Waals surface area (Å²) < 4.78 is 0. The van der Waals surface area contributed by atoms with E-state index in [0.29, 0.717) is 0 Å². The molecule has 0 aromatic heterocycles. The van der Waals surface area contributed by atoms with Crippen molar-refractivity contribution in [2.24, 2.45) is 0 Å². The molecule has 134 valence electrons. The molecule has 0 saturated carbocycles. The van der Waals surface area contributed by atoms with Crippen LogP contribution in [0.4, 0.5) is 0 Å². The van der Waals surface area contributed by atoms with Gasteiger partial charge in [0.1, 0.15) is 0 Å². The van der Waals surface area contributed by atoms with E-state index in [-0.39, 0.29) is 43.2 Å². The molecule has 0 heterocycles. The van der Waals surface area contributed by atoms with Crippen LogP contribution in [0.3, 0.4) is 0 Å². The van der Waals surface area contributed by atoms with Gasteiger partial charge in [-0.15, -0.1) is 61.6 Å². The first-order chi connectivity index (χ1) is 10.6. The average molecular weight is 527 g/mol. The molecule has 0 fully saturated rings. The first-order valence-corrected chi connectivity index (χ1v) is 10.4. The molecule has 3 rings (SSSR count). The van der Waals surface area contributed by atoms with Gasteiger partial charge in [0.15, 0.2) is 0 Å². The molecular weight excluding hydrogens is 500 g/mol. The van der Waals surface area contributed by atoms with Crippen molar-refractivity contribution in [1.82, 2.24) is 0 Å². The summed E-state index contributed by atoms with van der Waals surface area (Å²) in [4.78, 5) is 0. The third-order valence-corrected chi connectivity index (χ3v) is 5.39. The summed E-state index contributed by atoms with van der Waals surface area (Å²) in [6.45, 7) is 9.01. The minimum Gasteiger partial charge on any atom is -1.00 e. The summed E-state index contributed by atoms with van der Waals surface area (Å²) in [5.74, 6) is 0. The molecule has 0 saturated heterocycles. The third-order valence-electron chi connectivity index (χ3n) is 4.10. The molecule has 0 unspecified atom stereocenters. The van der Waals surface area contributed by atoms with E-state index in [9.17, 15) is 0 Å². The van der Waals surface area contributed by atoms with Crippen LogP contribution in [0.2, 0.25) is 0 Å². The van der Waals surface area contributed by atoms with Gasteiger partial charge >= 0.3 is 25.8 Å². The van der Waals surface area contributed by atoms with Gasteiger partial charge in [0, 0.05) is 0 Å². The Hall–Kier alpha value is -0.530. The van der Waals surface area contributed by atoms with E-state index < -0.39 is 0 Å². The summed E-state index contributed by atoms with van der Waals surface area (Å²) in [6.07, 6.45) is 10.5. The Morgan fingerprint density at radius 2 is 1.84 bits per heavy atom. The van der Waals surface area contributed by atoms with Crippen molar-refractivity contribution < 1.29 is 35.3 Å². The Labute approximate surface area is 171 Å². The van der Waals surface area contributed by atoms with Crippen LogP contribution >= 0.6 is 7.92 Å². The van der Waals surface area contributed by atoms with Gasteiger partial charge in [-0.1, -0.05) is 32.3 Å². The summed E-state index contributed by atoms with van der Waals surface area (Å²) in [7, 11) is 0.0576. The van der Waals surface area contributed by atoms with Crippen LogP contribution in [0.1, 0.15) is 39.5 Å². The predicted molar refractivity (Wildman–Crippen MR) is 103 cm³/mol. The van der Waals surface area contributed by atoms with Gasteiger partial charge < -0.3 is 9.41 Å². The number of allylic oxidation sites excluding steroid dienone is 4. The fourth-order valence-electron chi connectivity index (χ4n) is 2.62. The summed E-state index contributed by atoms with van der Waals surface area (Å²) in [5.41, 5.74) is 2.91. The van der Waals surface area contributed by atoms with Crippen molar-refractivity contribution in [3.8, 4) is 0 Å².